The van der Waals surface area contributed by atoms with Crippen molar-refractivity contribution in [2.45, 2.75) is 71.8 Å². The van der Waals surface area contributed by atoms with Crippen LogP contribution in [0, 0.1) is 16.7 Å². The van der Waals surface area contributed by atoms with Crippen LogP contribution in [0.15, 0.2) is 46.6 Å². The van der Waals surface area contributed by atoms with Crippen molar-refractivity contribution in [1.29, 1.82) is 0 Å². The zero-order valence-electron chi connectivity index (χ0n) is 17.8. The van der Waals surface area contributed by atoms with Gasteiger partial charge in [0.25, 0.3) is 0 Å². The van der Waals surface area contributed by atoms with Crippen LogP contribution in [-0.4, -0.2) is 29.7 Å². The number of carbonyl (C=O) groups excluding carboxylic acids is 1. The third-order valence-corrected chi connectivity index (χ3v) is 8.08. The van der Waals surface area contributed by atoms with Gasteiger partial charge in [-0.15, -0.1) is 0 Å². The second kappa shape index (κ2) is 6.81. The SMILES string of the molecule is CCOC[C@@]1(O)CC[C@]2(CC)C3=C(CC[C@H]2C1)C1=CC=C(C(C)=O)[C@@]1(C)C=C3. The van der Waals surface area contributed by atoms with Gasteiger partial charge in [-0.1, -0.05) is 31.2 Å². The molecule has 1 fully saturated rings. The van der Waals surface area contributed by atoms with Gasteiger partial charge in [0, 0.05) is 17.6 Å². The molecule has 4 atom stereocenters. The van der Waals surface area contributed by atoms with Gasteiger partial charge >= 0.3 is 0 Å². The molecule has 0 bridgehead atoms. The number of fused-ring (bicyclic) bond motifs is 4. The molecule has 152 valence electrons. The van der Waals surface area contributed by atoms with Crippen molar-refractivity contribution in [3.8, 4) is 0 Å². The molecule has 0 aromatic rings. The van der Waals surface area contributed by atoms with E-state index in [1.165, 1.54) is 16.7 Å². The molecular weight excluding hydrogens is 348 g/mol. The van der Waals surface area contributed by atoms with Crippen molar-refractivity contribution in [2.75, 3.05) is 13.2 Å². The summed E-state index contributed by atoms with van der Waals surface area (Å²) in [6.07, 6.45) is 14.7. The van der Waals surface area contributed by atoms with Gasteiger partial charge in [0.1, 0.15) is 0 Å². The van der Waals surface area contributed by atoms with Gasteiger partial charge in [0.2, 0.25) is 0 Å². The molecule has 1 saturated carbocycles. The van der Waals surface area contributed by atoms with Gasteiger partial charge in [-0.2, -0.15) is 0 Å². The average Bonchev–Trinajstić information content (AvgIpc) is 3.03. The predicted octanol–water partition coefficient (Wildman–Crippen LogP) is 5.07. The fourth-order valence-corrected chi connectivity index (χ4v) is 6.51. The molecule has 4 aliphatic rings. The Hall–Kier alpha value is -1.45. The minimum Gasteiger partial charge on any atom is -0.387 e. The maximum atomic E-state index is 12.2. The van der Waals surface area contributed by atoms with Crippen LogP contribution >= 0.6 is 0 Å². The summed E-state index contributed by atoms with van der Waals surface area (Å²) in [7, 11) is 0. The first-order chi connectivity index (χ1) is 13.3. The van der Waals surface area contributed by atoms with Crippen LogP contribution in [-0.2, 0) is 9.53 Å². The molecular formula is C25H34O3. The van der Waals surface area contributed by atoms with Gasteiger partial charge in [-0.25, -0.2) is 0 Å². The summed E-state index contributed by atoms with van der Waals surface area (Å²) in [5.74, 6) is 0.659. The third-order valence-electron chi connectivity index (χ3n) is 8.08. The molecule has 0 unspecified atom stereocenters. The Balaban J connectivity index is 1.68. The van der Waals surface area contributed by atoms with Crippen LogP contribution in [0.1, 0.15) is 66.2 Å². The highest BCUT2D eigenvalue weighted by Crippen LogP contribution is 2.62. The molecule has 1 N–H and O–H groups in total. The normalized spacial score (nSPS) is 39.1. The lowest BCUT2D eigenvalue weighted by Gasteiger charge is -2.55. The van der Waals surface area contributed by atoms with E-state index in [0.717, 1.165) is 44.1 Å². The van der Waals surface area contributed by atoms with E-state index in [9.17, 15) is 9.90 Å². The summed E-state index contributed by atoms with van der Waals surface area (Å²) in [6, 6.07) is 0. The van der Waals surface area contributed by atoms with E-state index < -0.39 is 5.60 Å². The molecule has 0 heterocycles. The van der Waals surface area contributed by atoms with E-state index in [4.69, 9.17) is 4.74 Å². The summed E-state index contributed by atoms with van der Waals surface area (Å²) in [6.45, 7) is 9.27. The molecule has 0 aromatic carbocycles. The maximum Gasteiger partial charge on any atom is 0.157 e. The molecule has 28 heavy (non-hydrogen) atoms. The summed E-state index contributed by atoms with van der Waals surface area (Å²) in [5, 5.41) is 11.1. The topological polar surface area (TPSA) is 46.5 Å². The van der Waals surface area contributed by atoms with Crippen molar-refractivity contribution in [3.63, 3.8) is 0 Å². The number of carbonyl (C=O) groups is 1. The largest absolute Gasteiger partial charge is 0.387 e. The molecule has 0 amide bonds. The summed E-state index contributed by atoms with van der Waals surface area (Å²) in [4.78, 5) is 12.2. The quantitative estimate of drug-likeness (QED) is 0.722. The number of allylic oxidation sites excluding steroid dienone is 8. The third kappa shape index (κ3) is 2.74. The lowest BCUT2D eigenvalue weighted by molar-refractivity contribution is -0.114. The Kier molecular flexibility index (Phi) is 4.83. The van der Waals surface area contributed by atoms with Crippen molar-refractivity contribution in [2.24, 2.45) is 16.7 Å². The molecule has 3 nitrogen and oxygen atoms in total. The number of ether oxygens (including phenoxy) is 1. The molecule has 0 radical (unpaired) electrons. The van der Waals surface area contributed by atoms with E-state index in [1.54, 1.807) is 6.92 Å². The Morgan fingerprint density at radius 1 is 1.29 bits per heavy atom. The summed E-state index contributed by atoms with van der Waals surface area (Å²) in [5.41, 5.74) is 4.38. The molecule has 4 rings (SSSR count). The Morgan fingerprint density at radius 3 is 2.75 bits per heavy atom. The van der Waals surface area contributed by atoms with Gasteiger partial charge in [0.05, 0.1) is 12.2 Å². The number of hydrogen-bond acceptors (Lipinski definition) is 3. The first kappa shape index (κ1) is 19.8. The highest BCUT2D eigenvalue weighted by molar-refractivity contribution is 5.98. The molecule has 0 aliphatic heterocycles. The van der Waals surface area contributed by atoms with E-state index in [0.29, 0.717) is 19.1 Å². The average molecular weight is 383 g/mol. The van der Waals surface area contributed by atoms with Crippen LogP contribution in [0.5, 0.6) is 0 Å². The first-order valence-electron chi connectivity index (χ1n) is 11.0. The number of rotatable bonds is 5. The summed E-state index contributed by atoms with van der Waals surface area (Å²) < 4.78 is 5.61. The number of ketones is 1. The lowest BCUT2D eigenvalue weighted by atomic mass is 9.51. The second-order valence-corrected chi connectivity index (χ2v) is 9.46. The summed E-state index contributed by atoms with van der Waals surface area (Å²) >= 11 is 0. The smallest absolute Gasteiger partial charge is 0.157 e. The number of Topliss-reactive ketones (excluding diaryl/α,β-unsaturated/α-hetero) is 1. The zero-order valence-corrected chi connectivity index (χ0v) is 17.8. The molecule has 3 heteroatoms. The minimum absolute atomic E-state index is 0.143. The maximum absolute atomic E-state index is 12.2. The minimum atomic E-state index is -0.680. The van der Waals surface area contributed by atoms with E-state index in [1.807, 2.05) is 13.0 Å². The van der Waals surface area contributed by atoms with Gasteiger partial charge in [-0.05, 0) is 87.3 Å². The van der Waals surface area contributed by atoms with Crippen molar-refractivity contribution in [3.05, 3.63) is 46.6 Å². The fraction of sp³-hybridized carbons (Fsp3) is 0.640. The second-order valence-electron chi connectivity index (χ2n) is 9.46. The predicted molar refractivity (Wildman–Crippen MR) is 112 cm³/mol. The van der Waals surface area contributed by atoms with Gasteiger partial charge in [0.15, 0.2) is 5.78 Å². The van der Waals surface area contributed by atoms with Crippen molar-refractivity contribution in [1.82, 2.24) is 0 Å². The molecule has 0 spiro atoms. The van der Waals surface area contributed by atoms with E-state index >= 15 is 0 Å². The van der Waals surface area contributed by atoms with Crippen LogP contribution in [0.25, 0.3) is 0 Å². The van der Waals surface area contributed by atoms with Crippen molar-refractivity contribution >= 4 is 5.78 Å². The number of aliphatic hydroxyl groups is 1. The Bertz CT molecular complexity index is 814. The van der Waals surface area contributed by atoms with Crippen LogP contribution in [0.4, 0.5) is 0 Å². The lowest BCUT2D eigenvalue weighted by Crippen LogP contribution is -2.50. The van der Waals surface area contributed by atoms with Crippen LogP contribution < -0.4 is 0 Å². The van der Waals surface area contributed by atoms with Gasteiger partial charge in [-0.3, -0.25) is 4.79 Å². The van der Waals surface area contributed by atoms with Gasteiger partial charge < -0.3 is 9.84 Å². The highest BCUT2D eigenvalue weighted by atomic mass is 16.5. The van der Waals surface area contributed by atoms with Crippen LogP contribution in [0.3, 0.4) is 0 Å². The zero-order chi connectivity index (χ0) is 20.2. The van der Waals surface area contributed by atoms with E-state index in [-0.39, 0.29) is 16.6 Å². The Labute approximate surface area is 169 Å². The number of hydrogen-bond donors (Lipinski definition) is 1. The monoisotopic (exact) mass is 382 g/mol. The molecule has 0 saturated heterocycles. The fourth-order valence-electron chi connectivity index (χ4n) is 6.51. The van der Waals surface area contributed by atoms with Crippen molar-refractivity contribution < 1.29 is 14.6 Å². The molecule has 4 aliphatic carbocycles. The first-order valence-corrected chi connectivity index (χ1v) is 11.0. The highest BCUT2D eigenvalue weighted by Gasteiger charge is 2.53. The standard InChI is InChI=1S/C25H34O3/c1-5-25-14-13-24(27,16-28-6-2)15-18(25)7-8-19-21-10-9-20(17(3)26)23(21,4)12-11-22(19)25/h9-12,18,27H,5-8,13-16H2,1-4H3/t18-,23+,24+,25-/m0/s1. The van der Waals surface area contributed by atoms with Crippen LogP contribution in [0.2, 0.25) is 0 Å². The Morgan fingerprint density at radius 2 is 2.07 bits per heavy atom. The molecule has 0 aromatic heterocycles. The van der Waals surface area contributed by atoms with E-state index in [2.05, 4.69) is 32.1 Å².